The molecule has 21 nitrogen and oxygen atoms in total. The van der Waals surface area contributed by atoms with E-state index in [0.717, 1.165) is 10.9 Å². The van der Waals surface area contributed by atoms with Crippen LogP contribution < -0.4 is 11.3 Å². The van der Waals surface area contributed by atoms with Gasteiger partial charge in [-0.15, -0.1) is 0 Å². The van der Waals surface area contributed by atoms with Crippen LogP contribution in [0.2, 0.25) is 0 Å². The predicted octanol–water partition coefficient (Wildman–Crippen LogP) is -5.39. The second-order valence-corrected chi connectivity index (χ2v) is 11.4. The van der Waals surface area contributed by atoms with Crippen molar-refractivity contribution >= 4 is 91.9 Å². The molecule has 41 heavy (non-hydrogen) atoms. The average molecular weight is 651 g/mol. The van der Waals surface area contributed by atoms with Gasteiger partial charge in [-0.3, -0.25) is 23.4 Å². The van der Waals surface area contributed by atoms with E-state index in [1.165, 1.54) is 0 Å². The Hall–Kier alpha value is 0.0900. The smallest absolute Gasteiger partial charge is 0.394 e. The third-order valence-corrected chi connectivity index (χ3v) is 8.36. The minimum Gasteiger partial charge on any atom is -0.394 e. The molecule has 2 aromatic heterocycles. The van der Waals surface area contributed by atoms with Gasteiger partial charge >= 0.3 is 15.6 Å². The molecule has 2 radical (unpaired) electrons. The van der Waals surface area contributed by atoms with Crippen LogP contribution >= 0.6 is 15.6 Å². The monoisotopic (exact) mass is 651 g/mol. The number of aromatic nitrogens is 4. The van der Waals surface area contributed by atoms with E-state index in [1.807, 2.05) is 0 Å². The summed E-state index contributed by atoms with van der Waals surface area (Å²) in [5.74, 6) is -0.278. The molecule has 0 aliphatic carbocycles. The van der Waals surface area contributed by atoms with E-state index in [1.54, 1.807) is 0 Å². The molecule has 11 N–H and O–H groups in total. The number of aliphatic hydroxyl groups excluding tert-OH is 6. The zero-order valence-corrected chi connectivity index (χ0v) is 27.1. The Bertz CT molecular complexity index is 1350. The summed E-state index contributed by atoms with van der Waals surface area (Å²) in [7, 11) is -11.1. The van der Waals surface area contributed by atoms with E-state index >= 15 is 0 Å². The van der Waals surface area contributed by atoms with Gasteiger partial charge in [0.25, 0.3) is 5.56 Å². The molecule has 222 valence electrons. The quantitative estimate of drug-likeness (QED) is 0.0893. The molecule has 11 atom stereocenters. The molecule has 2 aliphatic heterocycles. The fourth-order valence-electron chi connectivity index (χ4n) is 3.85. The Morgan fingerprint density at radius 2 is 1.61 bits per heavy atom. The minimum absolute atomic E-state index is 0. The molecule has 0 bridgehead atoms. The number of nitrogens with two attached hydrogens (primary N) is 1. The maximum atomic E-state index is 12.3. The zero-order valence-electron chi connectivity index (χ0n) is 21.3. The van der Waals surface area contributed by atoms with Gasteiger partial charge in [0.2, 0.25) is 5.95 Å². The fourth-order valence-corrected chi connectivity index (χ4v) is 6.01. The molecule has 4 rings (SSSR count). The van der Waals surface area contributed by atoms with Crippen LogP contribution in [0.3, 0.4) is 0 Å². The second-order valence-electron chi connectivity index (χ2n) is 8.44. The number of hydrogen-bond donors (Lipinski definition) is 10. The molecule has 0 spiro atoms. The van der Waals surface area contributed by atoms with Crippen molar-refractivity contribution in [3.63, 3.8) is 0 Å². The number of aliphatic hydroxyl groups is 6. The number of phosphoric acid groups is 2. The Morgan fingerprint density at radius 3 is 2.24 bits per heavy atom. The van der Waals surface area contributed by atoms with E-state index in [2.05, 4.69) is 28.3 Å². The summed E-state index contributed by atoms with van der Waals surface area (Å²) in [4.78, 5) is 41.7. The number of rotatable bonds is 9. The molecular formula is C16H25N5Na2O16P2. The first-order chi connectivity index (χ1) is 18.1. The van der Waals surface area contributed by atoms with Crippen molar-refractivity contribution in [2.24, 2.45) is 0 Å². The van der Waals surface area contributed by atoms with E-state index in [9.17, 15) is 49.2 Å². The van der Waals surface area contributed by atoms with Gasteiger partial charge in [-0.2, -0.15) is 9.29 Å². The van der Waals surface area contributed by atoms with Crippen LogP contribution in [0.5, 0.6) is 0 Å². The molecule has 0 amide bonds. The summed E-state index contributed by atoms with van der Waals surface area (Å²) in [5, 5.41) is 59.2. The number of phosphoric ester groups is 2. The normalized spacial score (nSPS) is 34.8. The second kappa shape index (κ2) is 14.5. The topological polar surface area (TPSA) is 332 Å². The average Bonchev–Trinajstić information content (AvgIpc) is 3.38. The van der Waals surface area contributed by atoms with Gasteiger partial charge in [0.05, 0.1) is 19.5 Å². The summed E-state index contributed by atoms with van der Waals surface area (Å²) >= 11 is 0. The molecular weight excluding hydrogens is 626 g/mol. The third-order valence-electron chi connectivity index (χ3n) is 5.76. The number of H-pyrrole nitrogens is 1. The fraction of sp³-hybridized carbons (Fsp3) is 0.688. The van der Waals surface area contributed by atoms with Crippen molar-refractivity contribution in [1.29, 1.82) is 0 Å². The number of ether oxygens (including phenoxy) is 2. The van der Waals surface area contributed by atoms with Crippen LogP contribution in [0.1, 0.15) is 6.23 Å². The van der Waals surface area contributed by atoms with Crippen LogP contribution in [0.4, 0.5) is 5.95 Å². The minimum atomic E-state index is -5.60. The molecule has 0 saturated carbocycles. The molecule has 2 aromatic rings. The van der Waals surface area contributed by atoms with Gasteiger partial charge in [-0.25, -0.2) is 14.1 Å². The van der Waals surface area contributed by atoms with Crippen LogP contribution in [0.15, 0.2) is 11.1 Å². The Labute approximate surface area is 273 Å². The van der Waals surface area contributed by atoms with Gasteiger partial charge < -0.3 is 55.6 Å². The van der Waals surface area contributed by atoms with Crippen molar-refractivity contribution in [3.05, 3.63) is 16.7 Å². The first-order valence-electron chi connectivity index (χ1n) is 10.9. The Morgan fingerprint density at radius 1 is 0.976 bits per heavy atom. The van der Waals surface area contributed by atoms with Crippen molar-refractivity contribution < 1.29 is 72.4 Å². The summed E-state index contributed by atoms with van der Waals surface area (Å²) in [5.41, 5.74) is 4.54. The van der Waals surface area contributed by atoms with Crippen molar-refractivity contribution in [2.75, 3.05) is 18.9 Å². The van der Waals surface area contributed by atoms with Crippen LogP contribution in [0, 0.1) is 0 Å². The largest absolute Gasteiger partial charge is 0.483 e. The van der Waals surface area contributed by atoms with Gasteiger partial charge in [-0.1, -0.05) is 0 Å². The zero-order chi connectivity index (χ0) is 28.9. The SMILES string of the molecule is Nc1nc2c(ncn2[C@@H]2O[C@H](COP(=O)(O)OP(=O)(O)OC3O[C@H](CO)[C@@H](O)[C@H](O)[C@@H]3O)[C@@H](O)[C@H]2O)c(=O)[nH]1.[Na].[Na]. The molecule has 3 unspecified atom stereocenters. The molecule has 4 heterocycles. The number of fused-ring (bicyclic) bond motifs is 1. The van der Waals surface area contributed by atoms with Crippen LogP contribution in [0.25, 0.3) is 11.2 Å². The summed E-state index contributed by atoms with van der Waals surface area (Å²) < 4.78 is 49.1. The van der Waals surface area contributed by atoms with Gasteiger partial charge in [0.15, 0.2) is 23.7 Å². The number of anilines is 1. The van der Waals surface area contributed by atoms with E-state index < -0.39 is 89.7 Å². The first-order valence-corrected chi connectivity index (χ1v) is 13.9. The van der Waals surface area contributed by atoms with Crippen LogP contribution in [-0.2, 0) is 32.0 Å². The predicted molar refractivity (Wildman–Crippen MR) is 132 cm³/mol. The maximum absolute atomic E-state index is 12.3. The summed E-state index contributed by atoms with van der Waals surface area (Å²) in [6, 6.07) is 0. The van der Waals surface area contributed by atoms with Crippen LogP contribution in [-0.4, -0.2) is 181 Å². The number of nitrogen functional groups attached to an aromatic ring is 1. The maximum Gasteiger partial charge on any atom is 0.483 e. The van der Waals surface area contributed by atoms with E-state index in [4.69, 9.17) is 20.3 Å². The molecule has 0 aromatic carbocycles. The van der Waals surface area contributed by atoms with Crippen molar-refractivity contribution in [1.82, 2.24) is 19.5 Å². The number of nitrogens with one attached hydrogen (secondary N) is 1. The van der Waals surface area contributed by atoms with Gasteiger partial charge in [0.1, 0.15) is 42.7 Å². The number of imidazole rings is 1. The van der Waals surface area contributed by atoms with E-state index in [0.29, 0.717) is 0 Å². The number of nitrogens with zero attached hydrogens (tertiary/aromatic N) is 3. The molecule has 2 fully saturated rings. The third kappa shape index (κ3) is 8.23. The summed E-state index contributed by atoms with van der Waals surface area (Å²) in [6.07, 6.45) is -15.0. The molecule has 25 heteroatoms. The van der Waals surface area contributed by atoms with Gasteiger partial charge in [0, 0.05) is 59.1 Å². The molecule has 2 saturated heterocycles. The Balaban J connectivity index is 0.00000294. The Kier molecular flexibility index (Phi) is 13.1. The standard InChI is InChI=1S/C16H25N5O16P2.2Na/c17-16-19-12-6(13(28)20-16)18-3-21(12)14-10(26)8(24)5(34-14)2-33-38(29,30)37-39(31,32)36-15-11(27)9(25)7(23)4(1-22)35-15;;/h3-5,7-11,14-15,22-27H,1-2H2,(H,29,30)(H,31,32)(H3,17,19,20,28);;/t4-,5-,7-,8-,9+,10-,11+,14-,15?;;/m1../s1. The van der Waals surface area contributed by atoms with Crippen molar-refractivity contribution in [3.8, 4) is 0 Å². The van der Waals surface area contributed by atoms with Gasteiger partial charge in [-0.05, 0) is 0 Å². The number of hydrogen-bond acceptors (Lipinski definition) is 17. The summed E-state index contributed by atoms with van der Waals surface area (Å²) in [6.45, 7) is -1.89. The van der Waals surface area contributed by atoms with Crippen molar-refractivity contribution in [2.45, 2.75) is 55.2 Å². The molecule has 2 aliphatic rings. The first kappa shape index (κ1) is 37.3. The van der Waals surface area contributed by atoms with E-state index in [-0.39, 0.29) is 76.2 Å². The number of aromatic amines is 1.